The number of carbonyl (C=O) groups excluding carboxylic acids is 3. The van der Waals surface area contributed by atoms with Gasteiger partial charge in [-0.25, -0.2) is 4.79 Å². The molecule has 0 unspecified atom stereocenters. The van der Waals surface area contributed by atoms with Gasteiger partial charge in [-0.2, -0.15) is 0 Å². The molecule has 3 amide bonds. The molecular weight excluding hydrogens is 582 g/mol. The van der Waals surface area contributed by atoms with E-state index >= 15 is 0 Å². The second-order valence-corrected chi connectivity index (χ2v) is 11.6. The Morgan fingerprint density at radius 1 is 0.667 bits per heavy atom. The monoisotopic (exact) mass is 627 g/mol. The van der Waals surface area contributed by atoms with Crippen LogP contribution in [-0.2, 0) is 23.7 Å². The Morgan fingerprint density at radius 3 is 1.67 bits per heavy atom. The van der Waals surface area contributed by atoms with E-state index < -0.39 is 5.60 Å². The molecule has 0 radical (unpaired) electrons. The number of ether oxygens (including phenoxy) is 6. The lowest BCUT2D eigenvalue weighted by atomic mass is 10.1. The quantitative estimate of drug-likeness (QED) is 0.191. The van der Waals surface area contributed by atoms with Gasteiger partial charge in [-0.3, -0.25) is 14.5 Å². The molecule has 0 N–H and O–H groups in total. The van der Waals surface area contributed by atoms with Gasteiger partial charge in [0, 0.05) is 31.9 Å². The van der Waals surface area contributed by atoms with Gasteiger partial charge in [0.2, 0.25) is 0 Å². The van der Waals surface area contributed by atoms with E-state index in [1.54, 1.807) is 29.2 Å². The van der Waals surface area contributed by atoms with E-state index in [0.29, 0.717) is 77.1 Å². The zero-order valence-corrected chi connectivity index (χ0v) is 26.5. The first kappa shape index (κ1) is 34.2. The van der Waals surface area contributed by atoms with Gasteiger partial charge in [-0.15, -0.1) is 0 Å². The van der Waals surface area contributed by atoms with Crippen LogP contribution in [0.5, 0.6) is 5.75 Å². The third-order valence-corrected chi connectivity index (χ3v) is 7.08. The summed E-state index contributed by atoms with van der Waals surface area (Å²) in [7, 11) is 0. The lowest BCUT2D eigenvalue weighted by Crippen LogP contribution is -2.50. The topological polar surface area (TPSA) is 116 Å². The van der Waals surface area contributed by atoms with E-state index in [9.17, 15) is 14.4 Å². The Bertz CT molecular complexity index is 1210. The maximum atomic E-state index is 12.3. The minimum Gasteiger partial charge on any atom is -0.491 e. The van der Waals surface area contributed by atoms with Crippen molar-refractivity contribution >= 4 is 23.6 Å². The van der Waals surface area contributed by atoms with Crippen LogP contribution in [0.3, 0.4) is 0 Å². The molecule has 12 nitrogen and oxygen atoms in total. The van der Waals surface area contributed by atoms with Crippen LogP contribution >= 0.6 is 0 Å². The number of fused-ring (bicyclic) bond motifs is 1. The maximum absolute atomic E-state index is 12.3. The van der Waals surface area contributed by atoms with Crippen LogP contribution < -0.4 is 9.64 Å². The fourth-order valence-corrected chi connectivity index (χ4v) is 4.81. The molecule has 0 aliphatic carbocycles. The van der Waals surface area contributed by atoms with Crippen LogP contribution in [0, 0.1) is 0 Å². The summed E-state index contributed by atoms with van der Waals surface area (Å²) in [6.07, 6.45) is -0.259. The smallest absolute Gasteiger partial charge is 0.410 e. The molecule has 1 fully saturated rings. The number of rotatable bonds is 17. The third-order valence-electron chi connectivity index (χ3n) is 7.08. The molecule has 0 spiro atoms. The van der Waals surface area contributed by atoms with Gasteiger partial charge in [0.15, 0.2) is 0 Å². The Hall–Kier alpha value is -3.71. The summed E-state index contributed by atoms with van der Waals surface area (Å²) in [5, 5.41) is 0. The predicted molar refractivity (Wildman–Crippen MR) is 167 cm³/mol. The summed E-state index contributed by atoms with van der Waals surface area (Å²) in [6.45, 7) is 12.3. The zero-order chi connectivity index (χ0) is 32.1. The molecule has 2 aliphatic rings. The Morgan fingerprint density at radius 2 is 1.16 bits per heavy atom. The van der Waals surface area contributed by atoms with Crippen LogP contribution in [-0.4, -0.2) is 125 Å². The van der Waals surface area contributed by atoms with Crippen molar-refractivity contribution in [1.29, 1.82) is 0 Å². The molecule has 2 aliphatic heterocycles. The minimum absolute atomic E-state index is 0.213. The van der Waals surface area contributed by atoms with Crippen molar-refractivity contribution < 1.29 is 42.8 Å². The number of anilines is 1. The summed E-state index contributed by atoms with van der Waals surface area (Å²) in [4.78, 5) is 42.1. The van der Waals surface area contributed by atoms with Gasteiger partial charge in [-0.1, -0.05) is 12.1 Å². The number of hydrogen-bond donors (Lipinski definition) is 0. The molecule has 0 aromatic heterocycles. The van der Waals surface area contributed by atoms with Crippen LogP contribution in [0.25, 0.3) is 0 Å². The fourth-order valence-electron chi connectivity index (χ4n) is 4.81. The number of imide groups is 1. The molecule has 0 saturated carbocycles. The highest BCUT2D eigenvalue weighted by Crippen LogP contribution is 2.23. The molecular formula is C33H45N3O9. The van der Waals surface area contributed by atoms with Gasteiger partial charge in [0.1, 0.15) is 18.0 Å². The van der Waals surface area contributed by atoms with Gasteiger partial charge in [0.25, 0.3) is 11.8 Å². The predicted octanol–water partition coefficient (Wildman–Crippen LogP) is 3.49. The number of carbonyl (C=O) groups is 3. The second kappa shape index (κ2) is 17.1. The highest BCUT2D eigenvalue weighted by Gasteiger charge is 2.34. The number of piperazine rings is 1. The van der Waals surface area contributed by atoms with Crippen molar-refractivity contribution in [3.05, 3.63) is 59.7 Å². The van der Waals surface area contributed by atoms with E-state index in [-0.39, 0.29) is 31.1 Å². The Balaban J connectivity index is 0.935. The van der Waals surface area contributed by atoms with Gasteiger partial charge >= 0.3 is 6.09 Å². The van der Waals surface area contributed by atoms with E-state index in [1.807, 2.05) is 45.0 Å². The van der Waals surface area contributed by atoms with E-state index in [2.05, 4.69) is 4.90 Å². The van der Waals surface area contributed by atoms with Crippen molar-refractivity contribution in [2.24, 2.45) is 0 Å². The SMILES string of the molecule is CC(C)(C)OC(=O)N1CCN(c2ccc(OCCOCCOCCOCCOCCN3C(=O)c4ccccc4C3=O)cc2)CC1. The molecule has 4 rings (SSSR count). The molecule has 12 heteroatoms. The minimum atomic E-state index is -0.489. The maximum Gasteiger partial charge on any atom is 0.410 e. The highest BCUT2D eigenvalue weighted by atomic mass is 16.6. The summed E-state index contributed by atoms with van der Waals surface area (Å²) in [5.74, 6) is 0.218. The average molecular weight is 628 g/mol. The van der Waals surface area contributed by atoms with Crippen molar-refractivity contribution in [1.82, 2.24) is 9.80 Å². The van der Waals surface area contributed by atoms with E-state index in [0.717, 1.165) is 24.5 Å². The summed E-state index contributed by atoms with van der Waals surface area (Å²) in [6, 6.07) is 14.8. The van der Waals surface area contributed by atoms with E-state index in [4.69, 9.17) is 28.4 Å². The fraction of sp³-hybridized carbons (Fsp3) is 0.545. The molecule has 0 bridgehead atoms. The standard InChI is InChI=1S/C33H45N3O9/c1-33(2,3)45-32(39)35-14-12-34(13-15-35)26-8-10-27(11-9-26)44-25-24-43-23-22-42-21-20-41-19-18-40-17-16-36-30(37)28-6-4-5-7-29(28)31(36)38/h4-11H,12-25H2,1-3H3. The van der Waals surface area contributed by atoms with Crippen LogP contribution in [0.4, 0.5) is 10.5 Å². The number of benzene rings is 2. The normalized spacial score (nSPS) is 15.0. The van der Waals surface area contributed by atoms with Crippen LogP contribution in [0.2, 0.25) is 0 Å². The first-order valence-electron chi connectivity index (χ1n) is 15.4. The van der Waals surface area contributed by atoms with Crippen molar-refractivity contribution in [3.8, 4) is 5.75 Å². The molecule has 45 heavy (non-hydrogen) atoms. The third kappa shape index (κ3) is 10.7. The van der Waals surface area contributed by atoms with Crippen LogP contribution in [0.1, 0.15) is 41.5 Å². The molecule has 0 atom stereocenters. The first-order chi connectivity index (χ1) is 21.7. The lowest BCUT2D eigenvalue weighted by Gasteiger charge is -2.36. The number of amides is 3. The van der Waals surface area contributed by atoms with Gasteiger partial charge in [0.05, 0.1) is 70.5 Å². The van der Waals surface area contributed by atoms with Crippen LogP contribution in [0.15, 0.2) is 48.5 Å². The zero-order valence-electron chi connectivity index (χ0n) is 26.5. The molecule has 2 aromatic carbocycles. The Kier molecular flexibility index (Phi) is 13.0. The summed E-state index contributed by atoms with van der Waals surface area (Å²) < 4.78 is 33.3. The Labute approximate surface area is 265 Å². The lowest BCUT2D eigenvalue weighted by molar-refractivity contribution is -0.00577. The van der Waals surface area contributed by atoms with Crippen molar-refractivity contribution in [2.75, 3.05) is 97.1 Å². The van der Waals surface area contributed by atoms with Crippen molar-refractivity contribution in [2.45, 2.75) is 26.4 Å². The van der Waals surface area contributed by atoms with Gasteiger partial charge < -0.3 is 38.2 Å². The molecule has 1 saturated heterocycles. The molecule has 2 aromatic rings. The second-order valence-electron chi connectivity index (χ2n) is 11.6. The molecule has 2 heterocycles. The van der Waals surface area contributed by atoms with E-state index in [1.165, 1.54) is 4.90 Å². The number of nitrogens with zero attached hydrogens (tertiary/aromatic N) is 3. The summed E-state index contributed by atoms with van der Waals surface area (Å²) >= 11 is 0. The van der Waals surface area contributed by atoms with Gasteiger partial charge in [-0.05, 0) is 57.2 Å². The van der Waals surface area contributed by atoms with Crippen molar-refractivity contribution in [3.63, 3.8) is 0 Å². The largest absolute Gasteiger partial charge is 0.491 e. The average Bonchev–Trinajstić information content (AvgIpc) is 3.27. The highest BCUT2D eigenvalue weighted by molar-refractivity contribution is 6.21. The first-order valence-corrected chi connectivity index (χ1v) is 15.4. The molecule has 246 valence electrons. The summed E-state index contributed by atoms with van der Waals surface area (Å²) in [5.41, 5.74) is 1.49. The number of hydrogen-bond acceptors (Lipinski definition) is 10.